The Labute approximate surface area is 448 Å². The standard InChI is InChI=1S/C13H21N.C10H21N.C9H19N.2C7H17N.C6H13N.C6H15N.C5H11N/c1-14(2)12-5-9-3-10-4-11(7-12)13(10,6-9)8-12;1-9(2)7-6-8-10(3,4)11(9)5;1-8(2)6-7-9(3,4)10(8)5;1-6-7(2,3)8(4)5;1-6(2)8(5)7(3)4;1-7-5-3-2-4-6-7;1-6(2,3)7(4)5;1-6-4-2-3-5-6/h9-11H,3-8H2,1-2H3;6-8H2,1-5H3;6-7H2,1-5H3;6H2,1-5H3;6-7H,1-5H3;2-6H2,1H3;1-5H3;2-5H2,1H3. The van der Waals surface area contributed by atoms with Gasteiger partial charge in [0.1, 0.15) is 0 Å². The van der Waals surface area contributed by atoms with Gasteiger partial charge in [-0.15, -0.1) is 0 Å². The summed E-state index contributed by atoms with van der Waals surface area (Å²) >= 11 is 0. The van der Waals surface area contributed by atoms with Crippen molar-refractivity contribution in [3.05, 3.63) is 0 Å². The van der Waals surface area contributed by atoms with Crippen molar-refractivity contribution in [1.29, 1.82) is 0 Å². The van der Waals surface area contributed by atoms with Gasteiger partial charge in [-0.25, -0.2) is 0 Å². The van der Waals surface area contributed by atoms with Gasteiger partial charge in [-0.2, -0.15) is 0 Å². The highest BCUT2D eigenvalue weighted by molar-refractivity contribution is 5.23. The third kappa shape index (κ3) is 20.9. The fourth-order valence-electron chi connectivity index (χ4n) is 12.6. The molecule has 0 N–H and O–H groups in total. The zero-order valence-corrected chi connectivity index (χ0v) is 54.3. The van der Waals surface area contributed by atoms with Crippen molar-refractivity contribution in [3.63, 3.8) is 0 Å². The molecule has 3 bridgehead atoms. The molecule has 71 heavy (non-hydrogen) atoms. The molecule has 4 saturated carbocycles. The average Bonchev–Trinajstić information content (AvgIpc) is 3.92. The molecule has 4 aliphatic carbocycles. The van der Waals surface area contributed by atoms with Crippen LogP contribution in [0.5, 0.6) is 0 Å². The fourth-order valence-corrected chi connectivity index (χ4v) is 12.6. The number of nitrogens with zero attached hydrogens (tertiary/aromatic N) is 8. The van der Waals surface area contributed by atoms with Crippen molar-refractivity contribution in [1.82, 2.24) is 39.2 Å². The van der Waals surface area contributed by atoms with Gasteiger partial charge >= 0.3 is 0 Å². The molecule has 0 aromatic heterocycles. The van der Waals surface area contributed by atoms with E-state index in [0.717, 1.165) is 23.2 Å². The summed E-state index contributed by atoms with van der Waals surface area (Å²) in [5.41, 5.74) is 3.86. The molecule has 8 nitrogen and oxygen atoms in total. The van der Waals surface area contributed by atoms with Gasteiger partial charge in [0.15, 0.2) is 0 Å². The van der Waals surface area contributed by atoms with E-state index in [-0.39, 0.29) is 0 Å². The molecule has 0 aromatic rings. The van der Waals surface area contributed by atoms with Gasteiger partial charge in [0.25, 0.3) is 0 Å². The predicted octanol–water partition coefficient (Wildman–Crippen LogP) is 14.1. The molecule has 8 aliphatic rings. The van der Waals surface area contributed by atoms with Crippen LogP contribution in [-0.2, 0) is 0 Å². The van der Waals surface area contributed by atoms with E-state index in [0.29, 0.717) is 50.9 Å². The van der Waals surface area contributed by atoms with Crippen molar-refractivity contribution in [2.45, 2.75) is 285 Å². The van der Waals surface area contributed by atoms with E-state index in [1.807, 2.05) is 0 Å². The smallest absolute Gasteiger partial charge is 0.0214 e. The Hall–Kier alpha value is -0.320. The Kier molecular flexibility index (Phi) is 27.4. The van der Waals surface area contributed by atoms with Crippen molar-refractivity contribution >= 4 is 0 Å². The van der Waals surface area contributed by atoms with Crippen LogP contribution >= 0.6 is 0 Å². The summed E-state index contributed by atoms with van der Waals surface area (Å²) < 4.78 is 0. The van der Waals surface area contributed by atoms with Gasteiger partial charge in [-0.3, -0.25) is 9.80 Å². The minimum absolute atomic E-state index is 0.333. The molecule has 8 rings (SSSR count). The maximum absolute atomic E-state index is 2.57. The normalized spacial score (nSPS) is 30.2. The lowest BCUT2D eigenvalue weighted by molar-refractivity contribution is -0.00501. The largest absolute Gasteiger partial charge is 0.306 e. The fraction of sp³-hybridized carbons (Fsp3) is 1.00. The second-order valence-electron chi connectivity index (χ2n) is 29.9. The topological polar surface area (TPSA) is 25.9 Å². The van der Waals surface area contributed by atoms with Crippen LogP contribution in [0.25, 0.3) is 0 Å². The number of piperidine rings is 2. The van der Waals surface area contributed by atoms with Crippen LogP contribution in [0.2, 0.25) is 0 Å². The molecule has 0 aromatic carbocycles. The third-order valence-electron chi connectivity index (χ3n) is 20.9. The SMILES string of the molecule is CC(C)N(C)C(C)C.CCC(C)(C)N(C)C.CN(C)C(C)(C)C.CN(C)C12CC3CC4CC(C1)C4(C3)C2.CN1C(C)(C)CCC1(C)C.CN1C(C)(C)CCCC1(C)C.CN1CCCC1.CN1CCCCC1. The van der Waals surface area contributed by atoms with E-state index in [1.165, 1.54) is 110 Å². The highest BCUT2D eigenvalue weighted by Crippen LogP contribution is 2.77. The molecule has 0 amide bonds. The maximum Gasteiger partial charge on any atom is 0.0214 e. The summed E-state index contributed by atoms with van der Waals surface area (Å²) in [7, 11) is 24.0. The molecule has 8 fully saturated rings. The van der Waals surface area contributed by atoms with Crippen molar-refractivity contribution in [2.24, 2.45) is 23.2 Å². The highest BCUT2D eigenvalue weighted by atomic mass is 15.3. The van der Waals surface area contributed by atoms with E-state index >= 15 is 0 Å². The van der Waals surface area contributed by atoms with E-state index in [1.54, 1.807) is 25.7 Å². The number of likely N-dealkylation sites (tertiary alicyclic amines) is 4. The first-order valence-corrected chi connectivity index (χ1v) is 29.8. The minimum Gasteiger partial charge on any atom is -0.306 e. The zero-order valence-electron chi connectivity index (χ0n) is 54.3. The Morgan fingerprint density at radius 3 is 1.11 bits per heavy atom. The monoisotopic (exact) mass is 1000 g/mol. The Morgan fingerprint density at radius 1 is 0.493 bits per heavy atom. The molecule has 8 heteroatoms. The van der Waals surface area contributed by atoms with Crippen LogP contribution in [0, 0.1) is 23.2 Å². The lowest BCUT2D eigenvalue weighted by atomic mass is 9.56. The second-order valence-corrected chi connectivity index (χ2v) is 29.9. The Bertz CT molecular complexity index is 1400. The van der Waals surface area contributed by atoms with Crippen molar-refractivity contribution in [2.75, 3.05) is 104 Å². The number of rotatable bonds is 5. The van der Waals surface area contributed by atoms with Gasteiger partial charge in [-0.05, 0) is 347 Å². The maximum atomic E-state index is 2.57. The average molecular weight is 1000 g/mol. The molecule has 1 spiro atoms. The zero-order chi connectivity index (χ0) is 55.4. The lowest BCUT2D eigenvalue weighted by Crippen LogP contribution is -2.56. The Morgan fingerprint density at radius 2 is 0.873 bits per heavy atom. The first kappa shape index (κ1) is 68.7. The molecular formula is C63H134N8. The molecule has 5 atom stereocenters. The summed E-state index contributed by atoms with van der Waals surface area (Å²) in [4.78, 5) is 19.1. The second kappa shape index (κ2) is 28.3. The van der Waals surface area contributed by atoms with Crippen LogP contribution in [0.4, 0.5) is 0 Å². The van der Waals surface area contributed by atoms with Crippen LogP contribution < -0.4 is 0 Å². The lowest BCUT2D eigenvalue weighted by Gasteiger charge is -2.50. The Balaban J connectivity index is 0.000000413. The molecule has 4 aliphatic heterocycles. The molecule has 4 heterocycles. The summed E-state index contributed by atoms with van der Waals surface area (Å²) in [5, 5.41) is 0. The van der Waals surface area contributed by atoms with Gasteiger partial charge < -0.3 is 29.4 Å². The van der Waals surface area contributed by atoms with Crippen LogP contribution in [-0.4, -0.2) is 194 Å². The van der Waals surface area contributed by atoms with E-state index in [9.17, 15) is 0 Å². The van der Waals surface area contributed by atoms with E-state index < -0.39 is 0 Å². The van der Waals surface area contributed by atoms with Crippen LogP contribution in [0.15, 0.2) is 0 Å². The first-order chi connectivity index (χ1) is 32.2. The van der Waals surface area contributed by atoms with Crippen LogP contribution in [0.1, 0.15) is 234 Å². The van der Waals surface area contributed by atoms with E-state index in [4.69, 9.17) is 0 Å². The summed E-state index contributed by atoms with van der Waals surface area (Å²) in [6.45, 7) is 46.0. The summed E-state index contributed by atoms with van der Waals surface area (Å²) in [6, 6.07) is 1.35. The molecular weight excluding hydrogens is 869 g/mol. The van der Waals surface area contributed by atoms with Gasteiger partial charge in [0.2, 0.25) is 0 Å². The molecule has 4 saturated heterocycles. The van der Waals surface area contributed by atoms with Crippen molar-refractivity contribution < 1.29 is 0 Å². The molecule has 5 unspecified atom stereocenters. The van der Waals surface area contributed by atoms with E-state index in [2.05, 4.69) is 241 Å². The summed E-state index contributed by atoms with van der Waals surface area (Å²) in [5.74, 6) is 3.38. The number of hydrogen-bond acceptors (Lipinski definition) is 8. The first-order valence-electron chi connectivity index (χ1n) is 29.8. The van der Waals surface area contributed by atoms with Crippen LogP contribution in [0.3, 0.4) is 0 Å². The quantitative estimate of drug-likeness (QED) is 0.269. The third-order valence-corrected chi connectivity index (χ3v) is 20.9. The summed E-state index contributed by atoms with van der Waals surface area (Å²) in [6.07, 6.45) is 24.4. The number of hydrogen-bond donors (Lipinski definition) is 0. The number of fused-ring (bicyclic) bond motifs is 2. The minimum atomic E-state index is 0.333. The van der Waals surface area contributed by atoms with Crippen molar-refractivity contribution in [3.8, 4) is 0 Å². The molecule has 0 radical (unpaired) electrons. The van der Waals surface area contributed by atoms with Gasteiger partial charge in [0, 0.05) is 50.9 Å². The van der Waals surface area contributed by atoms with Gasteiger partial charge in [-0.1, -0.05) is 13.3 Å². The predicted molar refractivity (Wildman–Crippen MR) is 320 cm³/mol. The highest BCUT2D eigenvalue weighted by Gasteiger charge is 2.71. The van der Waals surface area contributed by atoms with Gasteiger partial charge in [0.05, 0.1) is 0 Å². The molecule has 426 valence electrons.